The van der Waals surface area contributed by atoms with Gasteiger partial charge in [-0.25, -0.2) is 31.4 Å². The van der Waals surface area contributed by atoms with Crippen LogP contribution in [0.3, 0.4) is 0 Å². The maximum absolute atomic E-state index is 14.9. The van der Waals surface area contributed by atoms with Gasteiger partial charge >= 0.3 is 6.09 Å². The van der Waals surface area contributed by atoms with E-state index in [1.807, 2.05) is 11.6 Å². The number of nitrogens with zero attached hydrogens (tertiary/aromatic N) is 2. The molecule has 0 radical (unpaired) electrons. The summed E-state index contributed by atoms with van der Waals surface area (Å²) in [7, 11) is -3.45. The Labute approximate surface area is 340 Å². The molecule has 2 aliphatic carbocycles. The van der Waals surface area contributed by atoms with Gasteiger partial charge in [0.2, 0.25) is 27.7 Å². The van der Waals surface area contributed by atoms with Crippen LogP contribution in [-0.4, -0.2) is 96.3 Å². The molecule has 0 spiro atoms. The molecule has 6 rings (SSSR count). The number of hydrogen-bond donors (Lipinski definition) is 3. The highest BCUT2D eigenvalue weighted by Crippen LogP contribution is 2.48. The molecule has 2 aliphatic heterocycles. The fourth-order valence-corrected chi connectivity index (χ4v) is 8.98. The number of nitrogens with one attached hydrogen (secondary N) is 3. The minimum Gasteiger partial charge on any atom is -0.494 e. The molecule has 2 aromatic rings. The lowest BCUT2D eigenvalue weighted by Crippen LogP contribution is -2.59. The van der Waals surface area contributed by atoms with Crippen molar-refractivity contribution in [2.45, 2.75) is 126 Å². The Kier molecular flexibility index (Phi) is 10.9. The molecule has 3 N–H and O–H groups in total. The van der Waals surface area contributed by atoms with Crippen LogP contribution in [0, 0.1) is 23.6 Å². The molecular formula is C40H52F3N5O9S. The SMILES string of the molecule is [2H]C([2H])([2H])C1(S(=O)(=O)NC(=O)[C@@]23C[C@H]2/C=C\CC[C@H](C)C[C@@H](CC)[C@H](NC(=O)OC(C)(C)C(F)F)C(=O)N2C[C@H](Oc4nccc5cc(OC)c(F)cc45)C[C@H]2C(=O)N3)CC1. The van der Waals surface area contributed by atoms with Crippen LogP contribution in [0.1, 0.15) is 90.0 Å². The second kappa shape index (κ2) is 16.2. The zero-order valence-corrected chi connectivity index (χ0v) is 33.8. The quantitative estimate of drug-likeness (QED) is 0.271. The number of aromatic nitrogens is 1. The summed E-state index contributed by atoms with van der Waals surface area (Å²) in [6, 6.07) is 1.39. The Morgan fingerprint density at radius 2 is 1.95 bits per heavy atom. The van der Waals surface area contributed by atoms with Gasteiger partial charge in [-0.3, -0.25) is 19.1 Å². The molecule has 3 fully saturated rings. The van der Waals surface area contributed by atoms with Crippen LogP contribution in [0.5, 0.6) is 11.6 Å². The first-order chi connectivity index (χ1) is 28.5. The molecule has 1 aromatic carbocycles. The van der Waals surface area contributed by atoms with E-state index in [0.717, 1.165) is 24.8 Å². The van der Waals surface area contributed by atoms with E-state index in [1.54, 1.807) is 25.1 Å². The minimum atomic E-state index is -4.76. The largest absolute Gasteiger partial charge is 0.494 e. The average molecular weight is 839 g/mol. The molecule has 18 heteroatoms. The maximum atomic E-state index is 14.9. The first-order valence-electron chi connectivity index (χ1n) is 20.9. The fourth-order valence-electron chi connectivity index (χ4n) is 7.72. The molecular weight excluding hydrogens is 784 g/mol. The van der Waals surface area contributed by atoms with E-state index in [0.29, 0.717) is 31.1 Å². The van der Waals surface area contributed by atoms with Gasteiger partial charge in [0.15, 0.2) is 17.2 Å². The van der Waals surface area contributed by atoms with Gasteiger partial charge in [-0.1, -0.05) is 32.4 Å². The number of allylic oxidation sites excluding steroid dienone is 1. The summed E-state index contributed by atoms with van der Waals surface area (Å²) in [5.41, 5.74) is -4.07. The number of hydrogen-bond acceptors (Lipinski definition) is 10. The Balaban J connectivity index is 1.38. The van der Waals surface area contributed by atoms with Crippen molar-refractivity contribution in [1.29, 1.82) is 0 Å². The molecule has 0 bridgehead atoms. The monoisotopic (exact) mass is 838 g/mol. The van der Waals surface area contributed by atoms with Crippen LogP contribution in [-0.2, 0) is 29.1 Å². The number of methoxy groups -OCH3 is 1. The number of carbonyl (C=O) groups excluding carboxylic acids is 4. The summed E-state index contributed by atoms with van der Waals surface area (Å²) in [6.45, 7) is 2.54. The van der Waals surface area contributed by atoms with Crippen molar-refractivity contribution >= 4 is 44.6 Å². The van der Waals surface area contributed by atoms with Gasteiger partial charge in [0.05, 0.1) is 18.4 Å². The third-order valence-electron chi connectivity index (χ3n) is 11.7. The van der Waals surface area contributed by atoms with E-state index in [-0.39, 0.29) is 55.2 Å². The minimum absolute atomic E-state index is 0.0304. The van der Waals surface area contributed by atoms with Crippen molar-refractivity contribution in [3.63, 3.8) is 0 Å². The molecule has 1 aromatic heterocycles. The summed E-state index contributed by atoms with van der Waals surface area (Å²) < 4.78 is 109. The predicted octanol–water partition coefficient (Wildman–Crippen LogP) is 5.15. The molecule has 0 unspecified atom stereocenters. The summed E-state index contributed by atoms with van der Waals surface area (Å²) in [5.74, 6) is -4.93. The first-order valence-corrected chi connectivity index (χ1v) is 20.9. The van der Waals surface area contributed by atoms with Gasteiger partial charge in [0, 0.05) is 28.0 Å². The summed E-state index contributed by atoms with van der Waals surface area (Å²) in [6.07, 6.45) is 0.695. The number of ether oxygens (including phenoxy) is 3. The van der Waals surface area contributed by atoms with Gasteiger partial charge in [0.1, 0.15) is 23.7 Å². The van der Waals surface area contributed by atoms with Gasteiger partial charge in [-0.15, -0.1) is 0 Å². The smallest absolute Gasteiger partial charge is 0.408 e. The van der Waals surface area contributed by atoms with E-state index < -0.39 is 98.8 Å². The number of amides is 4. The van der Waals surface area contributed by atoms with Crippen molar-refractivity contribution in [3.05, 3.63) is 42.4 Å². The Hall–Kier alpha value is -4.61. The van der Waals surface area contributed by atoms with E-state index in [4.69, 9.17) is 18.3 Å². The lowest BCUT2D eigenvalue weighted by Gasteiger charge is -2.34. The molecule has 7 atom stereocenters. The zero-order valence-electron chi connectivity index (χ0n) is 36.0. The second-order valence-corrected chi connectivity index (χ2v) is 18.4. The number of rotatable bonds is 10. The Bertz CT molecular complexity index is 2190. The Morgan fingerprint density at radius 3 is 2.60 bits per heavy atom. The number of fused-ring (bicyclic) bond motifs is 3. The highest BCUT2D eigenvalue weighted by molar-refractivity contribution is 7.91. The predicted molar refractivity (Wildman–Crippen MR) is 206 cm³/mol. The number of sulfonamides is 1. The van der Waals surface area contributed by atoms with Gasteiger partial charge in [-0.2, -0.15) is 0 Å². The molecule has 58 heavy (non-hydrogen) atoms. The average Bonchev–Trinajstić information content (AvgIpc) is 4.09. The topological polar surface area (TPSA) is 182 Å². The van der Waals surface area contributed by atoms with Crippen LogP contribution in [0.2, 0.25) is 0 Å². The van der Waals surface area contributed by atoms with Crippen LogP contribution >= 0.6 is 0 Å². The number of alkyl halides is 2. The van der Waals surface area contributed by atoms with Crippen molar-refractivity contribution in [3.8, 4) is 11.6 Å². The first kappa shape index (κ1) is 38.9. The Morgan fingerprint density at radius 1 is 1.21 bits per heavy atom. The normalized spacial score (nSPS) is 30.2. The molecule has 1 saturated heterocycles. The van der Waals surface area contributed by atoms with Crippen molar-refractivity contribution in [2.75, 3.05) is 13.7 Å². The fraction of sp³-hybridized carbons (Fsp3) is 0.625. The van der Waals surface area contributed by atoms with Crippen LogP contribution in [0.25, 0.3) is 10.8 Å². The molecule has 4 aliphatic rings. The highest BCUT2D eigenvalue weighted by atomic mass is 32.2. The highest BCUT2D eigenvalue weighted by Gasteiger charge is 2.63. The second-order valence-electron chi connectivity index (χ2n) is 16.4. The van der Waals surface area contributed by atoms with E-state index in [9.17, 15) is 40.8 Å². The van der Waals surface area contributed by atoms with E-state index in [2.05, 4.69) is 15.6 Å². The summed E-state index contributed by atoms with van der Waals surface area (Å²) in [5, 5.41) is 5.96. The maximum Gasteiger partial charge on any atom is 0.408 e. The van der Waals surface area contributed by atoms with Gasteiger partial charge in [-0.05, 0) is 94.6 Å². The number of benzene rings is 1. The third-order valence-corrected chi connectivity index (χ3v) is 13.5. The number of halogens is 3. The molecule has 3 heterocycles. The summed E-state index contributed by atoms with van der Waals surface area (Å²) >= 11 is 0. The number of carbonyl (C=O) groups is 4. The molecule has 14 nitrogen and oxygen atoms in total. The number of pyridine rings is 1. The van der Waals surface area contributed by atoms with Crippen molar-refractivity contribution < 1.29 is 59.1 Å². The number of alkyl carbamates (subject to hydrolysis) is 1. The van der Waals surface area contributed by atoms with Gasteiger partial charge < -0.3 is 29.7 Å². The van der Waals surface area contributed by atoms with E-state index in [1.165, 1.54) is 19.4 Å². The third kappa shape index (κ3) is 8.71. The molecule has 2 saturated carbocycles. The standard InChI is InChI=1S/C40H52F3N5O9S/c1-7-23-16-22(2)10-8-9-11-25-20-40(25,36(51)47-58(53,54)39(5)13-14-39)46-32(49)29-18-26(56-33-27-19-28(41)30(55-6)17-24(27)12-15-44-33)21-48(29)34(50)31(23)45-37(52)57-38(3,4)35(42)43/h9,11-12,15,17,19,22-23,25-26,29,31,35H,7-8,10,13-14,16,18,20-21H2,1-6H3,(H,45,52)(H,46,49)(H,47,51)/b11-9-/t22-,23+,25+,26+,29-,31-,40+/m0/s1/i5D3. The summed E-state index contributed by atoms with van der Waals surface area (Å²) in [4.78, 5) is 62.3. The molecule has 4 amide bonds. The molecule has 318 valence electrons. The van der Waals surface area contributed by atoms with Crippen molar-refractivity contribution in [1.82, 2.24) is 25.2 Å². The lowest BCUT2D eigenvalue weighted by molar-refractivity contribution is -0.142. The van der Waals surface area contributed by atoms with E-state index >= 15 is 0 Å². The lowest BCUT2D eigenvalue weighted by atomic mass is 9.85. The zero-order chi connectivity index (χ0) is 44.9. The van der Waals surface area contributed by atoms with Crippen molar-refractivity contribution in [2.24, 2.45) is 17.8 Å². The van der Waals surface area contributed by atoms with Crippen LogP contribution < -0.4 is 24.8 Å². The van der Waals surface area contributed by atoms with Crippen LogP contribution in [0.4, 0.5) is 18.0 Å². The van der Waals surface area contributed by atoms with Gasteiger partial charge in [0.25, 0.3) is 12.3 Å². The van der Waals surface area contributed by atoms with Crippen LogP contribution in [0.15, 0.2) is 36.5 Å².